The van der Waals surface area contributed by atoms with Gasteiger partial charge in [0.05, 0.1) is 6.54 Å². The smallest absolute Gasteiger partial charge is 0.433 e. The van der Waals surface area contributed by atoms with Crippen molar-refractivity contribution in [2.24, 2.45) is 0 Å². The average molecular weight is 433 g/mol. The first-order valence-electron chi connectivity index (χ1n) is 9.16. The van der Waals surface area contributed by atoms with Gasteiger partial charge >= 0.3 is 6.18 Å². The Morgan fingerprint density at radius 1 is 1.13 bits per heavy atom. The molecule has 6 nitrogen and oxygen atoms in total. The van der Waals surface area contributed by atoms with E-state index in [9.17, 15) is 13.2 Å². The highest BCUT2D eigenvalue weighted by Gasteiger charge is 2.35. The van der Waals surface area contributed by atoms with Crippen LogP contribution in [0.2, 0.25) is 0 Å². The van der Waals surface area contributed by atoms with Crippen LogP contribution in [0.4, 0.5) is 24.9 Å². The van der Waals surface area contributed by atoms with Crippen molar-refractivity contribution in [2.45, 2.75) is 32.7 Å². The molecule has 0 spiro atoms. The third-order valence-corrected chi connectivity index (χ3v) is 4.86. The van der Waals surface area contributed by atoms with E-state index in [4.69, 9.17) is 16.6 Å². The van der Waals surface area contributed by atoms with Gasteiger partial charge in [-0.2, -0.15) is 18.2 Å². The monoisotopic (exact) mass is 433 g/mol. The molecule has 0 atom stereocenters. The lowest BCUT2D eigenvalue weighted by Gasteiger charge is -2.19. The summed E-state index contributed by atoms with van der Waals surface area (Å²) in [7, 11) is 0. The van der Waals surface area contributed by atoms with E-state index >= 15 is 0 Å². The summed E-state index contributed by atoms with van der Waals surface area (Å²) in [5.74, 6) is 1.37. The molecule has 3 heterocycles. The van der Waals surface area contributed by atoms with Gasteiger partial charge in [-0.15, -0.1) is 0 Å². The Morgan fingerprint density at radius 2 is 1.83 bits per heavy atom. The lowest BCUT2D eigenvalue weighted by Crippen LogP contribution is -2.29. The Balaban J connectivity index is 1.52. The average Bonchev–Trinajstić information content (AvgIpc) is 3.31. The highest BCUT2D eigenvalue weighted by molar-refractivity contribution is 7.80. The first-order valence-corrected chi connectivity index (χ1v) is 9.57. The van der Waals surface area contributed by atoms with Gasteiger partial charge in [-0.25, -0.2) is 4.98 Å². The summed E-state index contributed by atoms with van der Waals surface area (Å²) in [6, 6.07) is 12.3. The molecular weight excluding hydrogens is 415 g/mol. The summed E-state index contributed by atoms with van der Waals surface area (Å²) in [6.45, 7) is 3.05. The van der Waals surface area contributed by atoms with Crippen LogP contribution in [-0.4, -0.2) is 15.1 Å². The van der Waals surface area contributed by atoms with Gasteiger partial charge < -0.3 is 20.0 Å². The number of halogens is 3. The van der Waals surface area contributed by atoms with Gasteiger partial charge in [-0.05, 0) is 42.4 Å². The molecule has 0 bridgehead atoms. The fraction of sp³-hybridized carbons (Fsp3) is 0.250. The molecule has 0 radical (unpaired) electrons. The standard InChI is InChI=1S/C20H18F3N5OS/c1-12-6-7-15(29-12)9-24-19(30)27-18-25-16(20(21,22)23)8-17(26-18)28-10-13-4-2-3-5-14(13)11-28/h2-8H,9-11H2,1H3,(H2,24,25,26,27,30). The second kappa shape index (κ2) is 7.94. The maximum atomic E-state index is 13.4. The van der Waals surface area contributed by atoms with Gasteiger partial charge in [0.25, 0.3) is 0 Å². The number of hydrogen-bond acceptors (Lipinski definition) is 5. The first-order chi connectivity index (χ1) is 14.3. The predicted molar refractivity (Wildman–Crippen MR) is 110 cm³/mol. The predicted octanol–water partition coefficient (Wildman–Crippen LogP) is 4.40. The van der Waals surface area contributed by atoms with E-state index in [2.05, 4.69) is 20.6 Å². The van der Waals surface area contributed by atoms with E-state index in [-0.39, 0.29) is 23.4 Å². The maximum absolute atomic E-state index is 13.4. The minimum atomic E-state index is -4.61. The normalized spacial score (nSPS) is 13.3. The number of anilines is 2. The number of furan rings is 1. The van der Waals surface area contributed by atoms with Crippen molar-refractivity contribution in [1.82, 2.24) is 15.3 Å². The third kappa shape index (κ3) is 4.54. The summed E-state index contributed by atoms with van der Waals surface area (Å²) in [6.07, 6.45) is -4.61. The molecular formula is C20H18F3N5OS. The Hall–Kier alpha value is -3.14. The van der Waals surface area contributed by atoms with Crippen molar-refractivity contribution >= 4 is 29.1 Å². The number of thiocarbonyl (C=S) groups is 1. The molecule has 156 valence electrons. The number of nitrogens with one attached hydrogen (secondary N) is 2. The van der Waals surface area contributed by atoms with Gasteiger partial charge in [-0.3, -0.25) is 0 Å². The zero-order valence-electron chi connectivity index (χ0n) is 16.0. The molecule has 2 N–H and O–H groups in total. The summed E-state index contributed by atoms with van der Waals surface area (Å²) in [5, 5.41) is 5.62. The van der Waals surface area contributed by atoms with Crippen molar-refractivity contribution < 1.29 is 17.6 Å². The van der Waals surface area contributed by atoms with E-state index in [1.165, 1.54) is 0 Å². The van der Waals surface area contributed by atoms with Gasteiger partial charge in [0.1, 0.15) is 17.3 Å². The van der Waals surface area contributed by atoms with E-state index in [1.807, 2.05) is 37.3 Å². The van der Waals surface area contributed by atoms with Crippen LogP contribution < -0.4 is 15.5 Å². The topological polar surface area (TPSA) is 66.2 Å². The number of benzene rings is 1. The Kier molecular flexibility index (Phi) is 5.33. The SMILES string of the molecule is Cc1ccc(CNC(=S)Nc2nc(N3Cc4ccccc4C3)cc(C(F)(F)F)n2)o1. The number of alkyl halides is 3. The van der Waals surface area contributed by atoms with E-state index < -0.39 is 11.9 Å². The molecule has 0 unspecified atom stereocenters. The van der Waals surface area contributed by atoms with Gasteiger partial charge in [0.2, 0.25) is 5.95 Å². The summed E-state index contributed by atoms with van der Waals surface area (Å²) in [4.78, 5) is 9.64. The number of rotatable bonds is 4. The van der Waals surface area contributed by atoms with Crippen LogP contribution >= 0.6 is 12.2 Å². The molecule has 3 aromatic rings. The summed E-state index contributed by atoms with van der Waals surface area (Å²) in [5.41, 5.74) is 1.09. The Morgan fingerprint density at radius 3 is 2.43 bits per heavy atom. The molecule has 0 aliphatic carbocycles. The van der Waals surface area contributed by atoms with Crippen LogP contribution in [-0.2, 0) is 25.8 Å². The molecule has 0 fully saturated rings. The number of fused-ring (bicyclic) bond motifs is 1. The minimum Gasteiger partial charge on any atom is -0.465 e. The summed E-state index contributed by atoms with van der Waals surface area (Å²) >= 11 is 5.17. The van der Waals surface area contributed by atoms with E-state index in [0.29, 0.717) is 18.8 Å². The van der Waals surface area contributed by atoms with Crippen molar-refractivity contribution in [3.63, 3.8) is 0 Å². The highest BCUT2D eigenvalue weighted by atomic mass is 32.1. The van der Waals surface area contributed by atoms with Crippen LogP contribution in [0.25, 0.3) is 0 Å². The van der Waals surface area contributed by atoms with Crippen LogP contribution in [0.5, 0.6) is 0 Å². The Labute approximate surface area is 176 Å². The molecule has 30 heavy (non-hydrogen) atoms. The minimum absolute atomic E-state index is 0.0963. The van der Waals surface area contributed by atoms with Crippen molar-refractivity contribution in [3.05, 3.63) is 70.8 Å². The van der Waals surface area contributed by atoms with Crippen LogP contribution in [0.1, 0.15) is 28.3 Å². The molecule has 1 aromatic carbocycles. The highest BCUT2D eigenvalue weighted by Crippen LogP contribution is 2.33. The quantitative estimate of drug-likeness (QED) is 0.591. The molecule has 4 rings (SSSR count). The molecule has 0 saturated carbocycles. The van der Waals surface area contributed by atoms with Crippen LogP contribution in [0, 0.1) is 6.92 Å². The van der Waals surface area contributed by atoms with Crippen LogP contribution in [0.3, 0.4) is 0 Å². The first kappa shape index (κ1) is 20.1. The zero-order valence-corrected chi connectivity index (χ0v) is 16.8. The van der Waals surface area contributed by atoms with Crippen LogP contribution in [0.15, 0.2) is 46.9 Å². The molecule has 0 saturated heterocycles. The lowest BCUT2D eigenvalue weighted by molar-refractivity contribution is -0.141. The van der Waals surface area contributed by atoms with E-state index in [1.54, 1.807) is 11.0 Å². The molecule has 1 aliphatic heterocycles. The van der Waals surface area contributed by atoms with Gasteiger partial charge in [0.15, 0.2) is 10.8 Å². The van der Waals surface area contributed by atoms with Gasteiger partial charge in [-0.1, -0.05) is 24.3 Å². The van der Waals surface area contributed by atoms with Crippen molar-refractivity contribution in [1.29, 1.82) is 0 Å². The van der Waals surface area contributed by atoms with E-state index in [0.717, 1.165) is 23.0 Å². The van der Waals surface area contributed by atoms with Crippen molar-refractivity contribution in [3.8, 4) is 0 Å². The second-order valence-corrected chi connectivity index (χ2v) is 7.29. The number of nitrogens with zero attached hydrogens (tertiary/aromatic N) is 3. The largest absolute Gasteiger partial charge is 0.465 e. The molecule has 0 amide bonds. The number of aromatic nitrogens is 2. The molecule has 2 aromatic heterocycles. The summed E-state index contributed by atoms with van der Waals surface area (Å²) < 4.78 is 45.7. The van der Waals surface area contributed by atoms with Crippen molar-refractivity contribution in [2.75, 3.05) is 10.2 Å². The third-order valence-electron chi connectivity index (χ3n) is 4.61. The Bertz CT molecular complexity index is 1060. The number of hydrogen-bond donors (Lipinski definition) is 2. The number of aryl methyl sites for hydroxylation is 1. The molecule has 10 heteroatoms. The fourth-order valence-corrected chi connectivity index (χ4v) is 3.35. The lowest BCUT2D eigenvalue weighted by atomic mass is 10.1. The molecule has 1 aliphatic rings. The zero-order chi connectivity index (χ0) is 21.3. The fourth-order valence-electron chi connectivity index (χ4n) is 3.19. The maximum Gasteiger partial charge on any atom is 0.433 e. The van der Waals surface area contributed by atoms with Gasteiger partial charge in [0, 0.05) is 19.2 Å². The second-order valence-electron chi connectivity index (χ2n) is 6.88.